The van der Waals surface area contributed by atoms with Gasteiger partial charge in [-0.2, -0.15) is 0 Å². The van der Waals surface area contributed by atoms with Gasteiger partial charge >= 0.3 is 0 Å². The van der Waals surface area contributed by atoms with Gasteiger partial charge in [-0.15, -0.1) is 0 Å². The van der Waals surface area contributed by atoms with Gasteiger partial charge in [0.2, 0.25) is 0 Å². The minimum atomic E-state index is -0.529. The number of amides is 1. The molecule has 0 saturated heterocycles. The summed E-state index contributed by atoms with van der Waals surface area (Å²) in [4.78, 5) is 12.1. The molecule has 4 nitrogen and oxygen atoms in total. The first-order chi connectivity index (χ1) is 12.4. The predicted molar refractivity (Wildman–Crippen MR) is 108 cm³/mol. The van der Waals surface area contributed by atoms with Crippen molar-refractivity contribution in [3.8, 4) is 11.5 Å². The minimum absolute atomic E-state index is 0.107. The molecule has 0 bridgehead atoms. The molecule has 1 unspecified atom stereocenters. The van der Waals surface area contributed by atoms with Crippen molar-refractivity contribution in [1.82, 2.24) is 5.32 Å². The summed E-state index contributed by atoms with van der Waals surface area (Å²) < 4.78 is 12.3. The van der Waals surface area contributed by atoms with Crippen LogP contribution in [0.15, 0.2) is 53.0 Å². The number of carbonyl (C=O) groups excluding carboxylic acids is 1. The second-order valence-corrected chi connectivity index (χ2v) is 7.34. The number of benzene rings is 2. The first kappa shape index (κ1) is 20.3. The molecule has 0 fully saturated rings. The normalized spacial score (nSPS) is 11.9. The molecule has 1 N–H and O–H groups in total. The van der Waals surface area contributed by atoms with Crippen LogP contribution in [0.4, 0.5) is 0 Å². The van der Waals surface area contributed by atoms with E-state index in [1.807, 2.05) is 50.2 Å². The van der Waals surface area contributed by atoms with Gasteiger partial charge in [-0.25, -0.2) is 0 Å². The van der Waals surface area contributed by atoms with Crippen LogP contribution in [0.3, 0.4) is 0 Å². The summed E-state index contributed by atoms with van der Waals surface area (Å²) in [6.07, 6.45) is 1.38. The minimum Gasteiger partial charge on any atom is -0.491 e. The van der Waals surface area contributed by atoms with E-state index in [1.54, 1.807) is 6.92 Å². The summed E-state index contributed by atoms with van der Waals surface area (Å²) in [7, 11) is 0. The van der Waals surface area contributed by atoms with E-state index >= 15 is 0 Å². The van der Waals surface area contributed by atoms with Crippen LogP contribution in [0.5, 0.6) is 11.5 Å². The second kappa shape index (κ2) is 10.2. The maximum atomic E-state index is 12.1. The van der Waals surface area contributed by atoms with Crippen molar-refractivity contribution in [2.24, 2.45) is 0 Å². The van der Waals surface area contributed by atoms with Crippen molar-refractivity contribution in [1.29, 1.82) is 0 Å². The average Bonchev–Trinajstić information content (AvgIpc) is 2.60. The van der Waals surface area contributed by atoms with Gasteiger partial charge < -0.3 is 14.8 Å². The van der Waals surface area contributed by atoms with Gasteiger partial charge in [0, 0.05) is 11.0 Å². The Balaban J connectivity index is 1.71. The van der Waals surface area contributed by atoms with E-state index in [0.717, 1.165) is 23.1 Å². The number of carbonyl (C=O) groups is 1. The van der Waals surface area contributed by atoms with E-state index in [1.165, 1.54) is 5.56 Å². The SMILES string of the molecule is CC(C)Oc1cccc(CCCNC(=O)C(C)Oc2ccc(Br)cc2)c1. The maximum Gasteiger partial charge on any atom is 0.260 e. The molecule has 26 heavy (non-hydrogen) atoms. The Morgan fingerprint density at radius 2 is 1.77 bits per heavy atom. The molecule has 140 valence electrons. The summed E-state index contributed by atoms with van der Waals surface area (Å²) in [6, 6.07) is 15.5. The molecule has 0 spiro atoms. The van der Waals surface area contributed by atoms with Crippen LogP contribution in [-0.4, -0.2) is 24.7 Å². The second-order valence-electron chi connectivity index (χ2n) is 6.42. The Bertz CT molecular complexity index is 701. The average molecular weight is 420 g/mol. The van der Waals surface area contributed by atoms with Crippen molar-refractivity contribution in [2.75, 3.05) is 6.54 Å². The van der Waals surface area contributed by atoms with Crippen LogP contribution in [0.2, 0.25) is 0 Å². The smallest absolute Gasteiger partial charge is 0.260 e. The van der Waals surface area contributed by atoms with Crippen molar-refractivity contribution in [3.63, 3.8) is 0 Å². The predicted octanol–water partition coefficient (Wildman–Crippen LogP) is 4.75. The van der Waals surface area contributed by atoms with Crippen LogP contribution in [-0.2, 0) is 11.2 Å². The highest BCUT2D eigenvalue weighted by atomic mass is 79.9. The Labute approximate surface area is 164 Å². The summed E-state index contributed by atoms with van der Waals surface area (Å²) in [5.74, 6) is 1.46. The summed E-state index contributed by atoms with van der Waals surface area (Å²) in [5, 5.41) is 2.93. The lowest BCUT2D eigenvalue weighted by Gasteiger charge is -2.15. The molecule has 0 aliphatic heterocycles. The van der Waals surface area contributed by atoms with Crippen LogP contribution >= 0.6 is 15.9 Å². The van der Waals surface area contributed by atoms with E-state index in [4.69, 9.17) is 9.47 Å². The van der Waals surface area contributed by atoms with E-state index in [2.05, 4.69) is 33.4 Å². The lowest BCUT2D eigenvalue weighted by atomic mass is 10.1. The number of hydrogen-bond acceptors (Lipinski definition) is 3. The molecule has 5 heteroatoms. The van der Waals surface area contributed by atoms with Crippen molar-refractivity contribution in [3.05, 3.63) is 58.6 Å². The molecule has 0 aliphatic rings. The standard InChI is InChI=1S/C21H26BrNO3/c1-15(2)25-20-8-4-6-17(14-20)7-5-13-23-21(24)16(3)26-19-11-9-18(22)10-12-19/h4,6,8-12,14-16H,5,7,13H2,1-3H3,(H,23,24). The molecular weight excluding hydrogens is 394 g/mol. The Morgan fingerprint density at radius 3 is 2.46 bits per heavy atom. The number of halogens is 1. The molecule has 0 saturated carbocycles. The molecule has 1 atom stereocenters. The molecule has 1 amide bonds. The molecule has 0 radical (unpaired) electrons. The molecule has 2 rings (SSSR count). The van der Waals surface area contributed by atoms with Gasteiger partial charge in [0.1, 0.15) is 11.5 Å². The number of rotatable bonds is 9. The quantitative estimate of drug-likeness (QED) is 0.596. The molecular formula is C21H26BrNO3. The highest BCUT2D eigenvalue weighted by molar-refractivity contribution is 9.10. The molecule has 0 aliphatic carbocycles. The summed E-state index contributed by atoms with van der Waals surface area (Å²) >= 11 is 3.38. The Kier molecular flexibility index (Phi) is 7.98. The first-order valence-electron chi connectivity index (χ1n) is 8.89. The highest BCUT2D eigenvalue weighted by Crippen LogP contribution is 2.18. The Hall–Kier alpha value is -2.01. The van der Waals surface area contributed by atoms with Crippen LogP contribution < -0.4 is 14.8 Å². The van der Waals surface area contributed by atoms with Crippen LogP contribution in [0, 0.1) is 0 Å². The van der Waals surface area contributed by atoms with Gasteiger partial charge in [-0.1, -0.05) is 28.1 Å². The van der Waals surface area contributed by atoms with E-state index in [-0.39, 0.29) is 12.0 Å². The maximum absolute atomic E-state index is 12.1. The number of nitrogens with one attached hydrogen (secondary N) is 1. The fourth-order valence-corrected chi connectivity index (χ4v) is 2.73. The molecule has 2 aromatic carbocycles. The van der Waals surface area contributed by atoms with Gasteiger partial charge in [0.15, 0.2) is 6.10 Å². The van der Waals surface area contributed by atoms with Crippen molar-refractivity contribution in [2.45, 2.75) is 45.8 Å². The number of aryl methyl sites for hydroxylation is 1. The van der Waals surface area contributed by atoms with Crippen LogP contribution in [0.25, 0.3) is 0 Å². The lowest BCUT2D eigenvalue weighted by Crippen LogP contribution is -2.36. The summed E-state index contributed by atoms with van der Waals surface area (Å²) in [6.45, 7) is 6.39. The Morgan fingerprint density at radius 1 is 1.04 bits per heavy atom. The number of hydrogen-bond donors (Lipinski definition) is 1. The zero-order chi connectivity index (χ0) is 18.9. The molecule has 0 aromatic heterocycles. The third kappa shape index (κ3) is 7.08. The van der Waals surface area contributed by atoms with Crippen molar-refractivity contribution >= 4 is 21.8 Å². The van der Waals surface area contributed by atoms with Gasteiger partial charge in [0.05, 0.1) is 6.10 Å². The number of ether oxygens (including phenoxy) is 2. The first-order valence-corrected chi connectivity index (χ1v) is 9.69. The summed E-state index contributed by atoms with van der Waals surface area (Å²) in [5.41, 5.74) is 1.21. The van der Waals surface area contributed by atoms with E-state index in [9.17, 15) is 4.79 Å². The largest absolute Gasteiger partial charge is 0.491 e. The fraction of sp³-hybridized carbons (Fsp3) is 0.381. The van der Waals surface area contributed by atoms with Crippen molar-refractivity contribution < 1.29 is 14.3 Å². The zero-order valence-corrected chi connectivity index (χ0v) is 17.1. The van der Waals surface area contributed by atoms with Crippen LogP contribution in [0.1, 0.15) is 32.8 Å². The monoisotopic (exact) mass is 419 g/mol. The highest BCUT2D eigenvalue weighted by Gasteiger charge is 2.13. The van der Waals surface area contributed by atoms with Gasteiger partial charge in [0.25, 0.3) is 5.91 Å². The molecule has 0 heterocycles. The fourth-order valence-electron chi connectivity index (χ4n) is 2.47. The van der Waals surface area contributed by atoms with E-state index in [0.29, 0.717) is 12.3 Å². The third-order valence-electron chi connectivity index (χ3n) is 3.71. The lowest BCUT2D eigenvalue weighted by molar-refractivity contribution is -0.127. The van der Waals surface area contributed by atoms with E-state index < -0.39 is 6.10 Å². The van der Waals surface area contributed by atoms with Gasteiger partial charge in [-0.3, -0.25) is 4.79 Å². The topological polar surface area (TPSA) is 47.6 Å². The molecule has 2 aromatic rings. The zero-order valence-electron chi connectivity index (χ0n) is 15.5. The van der Waals surface area contributed by atoms with Gasteiger partial charge in [-0.05, 0) is 75.6 Å². The third-order valence-corrected chi connectivity index (χ3v) is 4.24.